The van der Waals surface area contributed by atoms with E-state index in [2.05, 4.69) is 39.3 Å². The fourth-order valence-corrected chi connectivity index (χ4v) is 4.45. The molecule has 9 nitrogen and oxygen atoms in total. The van der Waals surface area contributed by atoms with Crippen molar-refractivity contribution in [3.63, 3.8) is 0 Å². The van der Waals surface area contributed by atoms with Crippen molar-refractivity contribution < 1.29 is 14.3 Å². The number of carbonyl (C=O) groups excluding carboxylic acids is 2. The molecule has 3 N–H and O–H groups in total. The predicted molar refractivity (Wildman–Crippen MR) is 118 cm³/mol. The van der Waals surface area contributed by atoms with Crippen LogP contribution in [-0.2, 0) is 9.59 Å². The average molecular weight is 425 g/mol. The maximum atomic E-state index is 13.0. The molecule has 1 aromatic heterocycles. The number of H-pyrrole nitrogens is 1. The van der Waals surface area contributed by atoms with Gasteiger partial charge >= 0.3 is 0 Å². The SMILES string of the molecule is COc1ccc(NC(=O)[C@H]2CC(=O)Nc3nc(N4[C@@H](C)CCC[C@@H]4C)[nH]c(=O)c32)cc1. The number of aromatic amines is 1. The molecule has 1 aromatic carbocycles. The summed E-state index contributed by atoms with van der Waals surface area (Å²) in [5, 5.41) is 5.46. The van der Waals surface area contributed by atoms with Gasteiger partial charge in [-0.25, -0.2) is 0 Å². The van der Waals surface area contributed by atoms with Crippen molar-refractivity contribution in [2.45, 2.75) is 57.5 Å². The normalized spacial score (nSPS) is 23.0. The van der Waals surface area contributed by atoms with E-state index < -0.39 is 17.4 Å². The van der Waals surface area contributed by atoms with Crippen molar-refractivity contribution in [1.29, 1.82) is 0 Å². The number of rotatable bonds is 4. The molecule has 0 aliphatic carbocycles. The molecule has 0 bridgehead atoms. The fourth-order valence-electron chi connectivity index (χ4n) is 4.45. The summed E-state index contributed by atoms with van der Waals surface area (Å²) in [6.45, 7) is 4.19. The number of anilines is 3. The molecule has 2 aromatic rings. The summed E-state index contributed by atoms with van der Waals surface area (Å²) < 4.78 is 5.12. The Balaban J connectivity index is 1.65. The molecule has 3 heterocycles. The Morgan fingerprint density at radius 3 is 2.48 bits per heavy atom. The van der Waals surface area contributed by atoms with Gasteiger partial charge in [0.05, 0.1) is 18.6 Å². The maximum absolute atomic E-state index is 13.0. The molecule has 4 rings (SSSR count). The summed E-state index contributed by atoms with van der Waals surface area (Å²) in [6, 6.07) is 7.28. The van der Waals surface area contributed by atoms with Crippen LogP contribution in [0.25, 0.3) is 0 Å². The van der Waals surface area contributed by atoms with Gasteiger partial charge < -0.3 is 20.3 Å². The Kier molecular flexibility index (Phi) is 5.67. The first-order chi connectivity index (χ1) is 14.9. The zero-order valence-corrected chi connectivity index (χ0v) is 17.9. The van der Waals surface area contributed by atoms with E-state index in [4.69, 9.17) is 4.74 Å². The molecule has 1 saturated heterocycles. The van der Waals surface area contributed by atoms with E-state index in [0.29, 0.717) is 17.4 Å². The van der Waals surface area contributed by atoms with Gasteiger partial charge in [0.15, 0.2) is 0 Å². The molecular formula is C22H27N5O4. The van der Waals surface area contributed by atoms with Gasteiger partial charge in [0.25, 0.3) is 5.56 Å². The summed E-state index contributed by atoms with van der Waals surface area (Å²) in [6.07, 6.45) is 3.02. The molecule has 31 heavy (non-hydrogen) atoms. The van der Waals surface area contributed by atoms with Crippen LogP contribution in [0.1, 0.15) is 51.0 Å². The largest absolute Gasteiger partial charge is 0.497 e. The highest BCUT2D eigenvalue weighted by Crippen LogP contribution is 2.32. The first-order valence-electron chi connectivity index (χ1n) is 10.5. The summed E-state index contributed by atoms with van der Waals surface area (Å²) in [4.78, 5) is 47.8. The number of piperidine rings is 1. The van der Waals surface area contributed by atoms with Crippen LogP contribution in [0.3, 0.4) is 0 Å². The van der Waals surface area contributed by atoms with Crippen LogP contribution in [-0.4, -0.2) is 41.0 Å². The Morgan fingerprint density at radius 2 is 1.84 bits per heavy atom. The molecule has 2 aliphatic rings. The second kappa shape index (κ2) is 8.41. The van der Waals surface area contributed by atoms with Gasteiger partial charge in [-0.1, -0.05) is 0 Å². The van der Waals surface area contributed by atoms with Gasteiger partial charge in [-0.2, -0.15) is 4.98 Å². The van der Waals surface area contributed by atoms with Gasteiger partial charge in [0.1, 0.15) is 11.6 Å². The molecule has 0 unspecified atom stereocenters. The number of fused-ring (bicyclic) bond motifs is 1. The highest BCUT2D eigenvalue weighted by atomic mass is 16.5. The summed E-state index contributed by atoms with van der Waals surface area (Å²) in [7, 11) is 1.56. The van der Waals surface area contributed by atoms with Crippen molar-refractivity contribution in [2.75, 3.05) is 22.6 Å². The van der Waals surface area contributed by atoms with E-state index in [1.165, 1.54) is 0 Å². The molecule has 2 aliphatic heterocycles. The van der Waals surface area contributed by atoms with Crippen LogP contribution in [0.2, 0.25) is 0 Å². The zero-order valence-electron chi connectivity index (χ0n) is 17.9. The number of hydrogen-bond donors (Lipinski definition) is 3. The maximum Gasteiger partial charge on any atom is 0.258 e. The van der Waals surface area contributed by atoms with Crippen molar-refractivity contribution in [1.82, 2.24) is 9.97 Å². The van der Waals surface area contributed by atoms with Crippen LogP contribution in [0.5, 0.6) is 5.75 Å². The van der Waals surface area contributed by atoms with Crippen LogP contribution in [0.15, 0.2) is 29.1 Å². The Morgan fingerprint density at radius 1 is 1.16 bits per heavy atom. The molecule has 0 radical (unpaired) electrons. The summed E-state index contributed by atoms with van der Waals surface area (Å²) in [5.74, 6) is -0.441. The summed E-state index contributed by atoms with van der Waals surface area (Å²) >= 11 is 0. The topological polar surface area (TPSA) is 116 Å². The Hall–Kier alpha value is -3.36. The lowest BCUT2D eigenvalue weighted by Crippen LogP contribution is -2.46. The molecule has 0 saturated carbocycles. The first kappa shape index (κ1) is 20.9. The standard InChI is InChI=1S/C22H27N5O4/c1-12-5-4-6-13(2)27(12)22-25-19-18(21(30)26-22)16(11-17(28)24-19)20(29)23-14-7-9-15(31-3)10-8-14/h7-10,12-13,16H,4-6,11H2,1-3H3,(H,23,29)(H2,24,25,26,28,30)/t12-,13-,16-/m0/s1. The monoisotopic (exact) mass is 425 g/mol. The molecule has 164 valence electrons. The van der Waals surface area contributed by atoms with Crippen LogP contribution in [0.4, 0.5) is 17.5 Å². The van der Waals surface area contributed by atoms with Crippen LogP contribution >= 0.6 is 0 Å². The second-order valence-electron chi connectivity index (χ2n) is 8.21. The number of ether oxygens (including phenoxy) is 1. The minimum absolute atomic E-state index is 0.115. The summed E-state index contributed by atoms with van der Waals surface area (Å²) in [5.41, 5.74) is 0.335. The van der Waals surface area contributed by atoms with Crippen molar-refractivity contribution in [3.05, 3.63) is 40.2 Å². The third-order valence-electron chi connectivity index (χ3n) is 6.05. The van der Waals surface area contributed by atoms with Gasteiger partial charge in [-0.15, -0.1) is 0 Å². The number of hydrogen-bond acceptors (Lipinski definition) is 6. The third-order valence-corrected chi connectivity index (χ3v) is 6.05. The predicted octanol–water partition coefficient (Wildman–Crippen LogP) is 2.61. The zero-order chi connectivity index (χ0) is 22.1. The van der Waals surface area contributed by atoms with E-state index >= 15 is 0 Å². The lowest BCUT2D eigenvalue weighted by atomic mass is 9.92. The van der Waals surface area contributed by atoms with Gasteiger partial charge in [0.2, 0.25) is 17.8 Å². The molecule has 9 heteroatoms. The fraction of sp³-hybridized carbons (Fsp3) is 0.455. The Labute approximate surface area is 180 Å². The number of amides is 2. The molecule has 2 amide bonds. The Bertz CT molecular complexity index is 1040. The second-order valence-corrected chi connectivity index (χ2v) is 8.21. The number of nitrogens with one attached hydrogen (secondary N) is 3. The quantitative estimate of drug-likeness (QED) is 0.693. The van der Waals surface area contributed by atoms with Crippen molar-refractivity contribution >= 4 is 29.3 Å². The van der Waals surface area contributed by atoms with Gasteiger partial charge in [-0.3, -0.25) is 19.4 Å². The first-order valence-corrected chi connectivity index (χ1v) is 10.5. The van der Waals surface area contributed by atoms with Crippen molar-refractivity contribution in [2.24, 2.45) is 0 Å². The number of benzene rings is 1. The minimum atomic E-state index is -0.924. The molecule has 3 atom stereocenters. The molecule has 1 fully saturated rings. The average Bonchev–Trinajstić information content (AvgIpc) is 2.73. The lowest BCUT2D eigenvalue weighted by Gasteiger charge is -2.39. The number of carbonyl (C=O) groups is 2. The van der Waals surface area contributed by atoms with E-state index in [-0.39, 0.29) is 35.8 Å². The van der Waals surface area contributed by atoms with Crippen molar-refractivity contribution in [3.8, 4) is 5.75 Å². The van der Waals surface area contributed by atoms with E-state index in [1.807, 2.05) is 0 Å². The number of methoxy groups -OCH3 is 1. The van der Waals surface area contributed by atoms with E-state index in [1.54, 1.807) is 31.4 Å². The minimum Gasteiger partial charge on any atom is -0.497 e. The van der Waals surface area contributed by atoms with E-state index in [9.17, 15) is 14.4 Å². The highest BCUT2D eigenvalue weighted by Gasteiger charge is 2.36. The van der Waals surface area contributed by atoms with Gasteiger partial charge in [-0.05, 0) is 57.4 Å². The smallest absolute Gasteiger partial charge is 0.258 e. The highest BCUT2D eigenvalue weighted by molar-refractivity contribution is 6.04. The number of nitrogens with zero attached hydrogens (tertiary/aromatic N) is 2. The van der Waals surface area contributed by atoms with E-state index in [0.717, 1.165) is 19.3 Å². The van der Waals surface area contributed by atoms with Crippen LogP contribution < -0.4 is 25.8 Å². The van der Waals surface area contributed by atoms with Gasteiger partial charge in [0, 0.05) is 24.2 Å². The van der Waals surface area contributed by atoms with Crippen LogP contribution in [0, 0.1) is 0 Å². The molecule has 0 spiro atoms. The molecular weight excluding hydrogens is 398 g/mol. The third kappa shape index (κ3) is 4.12. The number of aromatic nitrogens is 2. The lowest BCUT2D eigenvalue weighted by molar-refractivity contribution is -0.123.